The first-order valence-corrected chi connectivity index (χ1v) is 8.13. The monoisotopic (exact) mass is 359 g/mol. The lowest BCUT2D eigenvalue weighted by Gasteiger charge is -2.17. The Bertz CT molecular complexity index is 571. The third-order valence-electron chi connectivity index (χ3n) is 3.01. The van der Waals surface area contributed by atoms with Gasteiger partial charge in [-0.2, -0.15) is 0 Å². The predicted octanol–water partition coefficient (Wildman–Crippen LogP) is 5.07. The number of halogens is 3. The van der Waals surface area contributed by atoms with E-state index in [1.54, 1.807) is 11.3 Å². The van der Waals surface area contributed by atoms with E-state index in [1.807, 2.05) is 12.1 Å². The van der Waals surface area contributed by atoms with E-state index >= 15 is 0 Å². The highest BCUT2D eigenvalue weighted by molar-refractivity contribution is 9.11. The van der Waals surface area contributed by atoms with Gasteiger partial charge in [-0.15, -0.1) is 11.3 Å². The molecule has 5 heteroatoms. The first-order valence-electron chi connectivity index (χ1n) is 6.52. The van der Waals surface area contributed by atoms with E-state index in [0.717, 1.165) is 27.7 Å². The molecule has 0 amide bonds. The highest BCUT2D eigenvalue weighted by Crippen LogP contribution is 2.30. The summed E-state index contributed by atoms with van der Waals surface area (Å²) < 4.78 is 28.1. The second-order valence-corrected chi connectivity index (χ2v) is 7.08. The van der Waals surface area contributed by atoms with Crippen molar-refractivity contribution in [3.8, 4) is 0 Å². The lowest BCUT2D eigenvalue weighted by Crippen LogP contribution is -2.23. The Kier molecular flexibility index (Phi) is 5.69. The standard InChI is InChI=1S/C15H16BrF2NS/c1-2-7-19-13(14-5-6-15(16)20-14)9-10-8-11(17)3-4-12(10)18/h3-6,8,13,19H,2,7,9H2,1H3. The Morgan fingerprint density at radius 2 is 2.05 bits per heavy atom. The van der Waals surface area contributed by atoms with Crippen molar-refractivity contribution in [3.63, 3.8) is 0 Å². The summed E-state index contributed by atoms with van der Waals surface area (Å²) in [5, 5.41) is 3.39. The summed E-state index contributed by atoms with van der Waals surface area (Å²) in [5.74, 6) is -0.756. The van der Waals surface area contributed by atoms with Crippen LogP contribution in [-0.4, -0.2) is 6.54 Å². The first kappa shape index (κ1) is 15.6. The maximum Gasteiger partial charge on any atom is 0.126 e. The molecule has 0 fully saturated rings. The van der Waals surface area contributed by atoms with Crippen LogP contribution < -0.4 is 5.32 Å². The van der Waals surface area contributed by atoms with Gasteiger partial charge in [-0.1, -0.05) is 6.92 Å². The number of thiophene rings is 1. The summed E-state index contributed by atoms with van der Waals surface area (Å²) in [4.78, 5) is 1.12. The molecule has 0 aliphatic heterocycles. The quantitative estimate of drug-likeness (QED) is 0.758. The third-order valence-corrected chi connectivity index (χ3v) is 4.75. The second-order valence-electron chi connectivity index (χ2n) is 4.59. The van der Waals surface area contributed by atoms with Gasteiger partial charge >= 0.3 is 0 Å². The minimum atomic E-state index is -0.400. The van der Waals surface area contributed by atoms with Crippen LogP contribution in [0.1, 0.15) is 29.8 Å². The fourth-order valence-corrected chi connectivity index (χ4v) is 3.53. The highest BCUT2D eigenvalue weighted by atomic mass is 79.9. The molecule has 1 heterocycles. The lowest BCUT2D eigenvalue weighted by atomic mass is 10.0. The molecule has 1 atom stereocenters. The van der Waals surface area contributed by atoms with E-state index in [2.05, 4.69) is 28.2 Å². The van der Waals surface area contributed by atoms with Gasteiger partial charge in [0.2, 0.25) is 0 Å². The Labute approximate surface area is 130 Å². The maximum absolute atomic E-state index is 13.8. The van der Waals surface area contributed by atoms with Gasteiger partial charge in [0, 0.05) is 10.9 Å². The van der Waals surface area contributed by atoms with Crippen molar-refractivity contribution in [2.45, 2.75) is 25.8 Å². The van der Waals surface area contributed by atoms with Gasteiger partial charge in [-0.05, 0) is 71.2 Å². The van der Waals surface area contributed by atoms with Gasteiger partial charge in [0.1, 0.15) is 11.6 Å². The zero-order valence-electron chi connectivity index (χ0n) is 11.1. The molecule has 1 unspecified atom stereocenters. The van der Waals surface area contributed by atoms with Crippen LogP contribution in [0.5, 0.6) is 0 Å². The van der Waals surface area contributed by atoms with E-state index in [0.29, 0.717) is 12.0 Å². The molecule has 0 aliphatic carbocycles. The molecule has 1 aromatic heterocycles. The molecule has 0 bridgehead atoms. The van der Waals surface area contributed by atoms with Crippen molar-refractivity contribution < 1.29 is 8.78 Å². The van der Waals surface area contributed by atoms with Crippen LogP contribution in [0.25, 0.3) is 0 Å². The van der Waals surface area contributed by atoms with Crippen LogP contribution in [-0.2, 0) is 6.42 Å². The molecule has 0 radical (unpaired) electrons. The summed E-state index contributed by atoms with van der Waals surface area (Å²) in [6.45, 7) is 2.92. The Morgan fingerprint density at radius 1 is 1.25 bits per heavy atom. The predicted molar refractivity (Wildman–Crippen MR) is 83.1 cm³/mol. The number of hydrogen-bond acceptors (Lipinski definition) is 2. The number of rotatable bonds is 6. The lowest BCUT2D eigenvalue weighted by molar-refractivity contribution is 0.514. The van der Waals surface area contributed by atoms with Crippen molar-refractivity contribution in [3.05, 3.63) is 56.2 Å². The molecule has 20 heavy (non-hydrogen) atoms. The fourth-order valence-electron chi connectivity index (χ4n) is 2.03. The maximum atomic E-state index is 13.8. The number of hydrogen-bond donors (Lipinski definition) is 1. The summed E-state index contributed by atoms with van der Waals surface area (Å²) in [6, 6.07) is 7.60. The zero-order chi connectivity index (χ0) is 14.5. The first-order chi connectivity index (χ1) is 9.60. The van der Waals surface area contributed by atoms with Gasteiger partial charge in [-0.3, -0.25) is 0 Å². The Hall–Kier alpha value is -0.780. The van der Waals surface area contributed by atoms with Gasteiger partial charge < -0.3 is 5.32 Å². The molecule has 1 nitrogen and oxygen atoms in total. The summed E-state index contributed by atoms with van der Waals surface area (Å²) in [5.41, 5.74) is 0.406. The van der Waals surface area contributed by atoms with Crippen molar-refractivity contribution in [2.24, 2.45) is 0 Å². The molecular weight excluding hydrogens is 344 g/mol. The van der Waals surface area contributed by atoms with Crippen LogP contribution in [0.15, 0.2) is 34.1 Å². The van der Waals surface area contributed by atoms with Crippen LogP contribution in [0.2, 0.25) is 0 Å². The molecule has 2 aromatic rings. The van der Waals surface area contributed by atoms with Crippen LogP contribution in [0, 0.1) is 11.6 Å². The SMILES string of the molecule is CCCNC(Cc1cc(F)ccc1F)c1ccc(Br)s1. The van der Waals surface area contributed by atoms with Crippen LogP contribution in [0.4, 0.5) is 8.78 Å². The third kappa shape index (κ3) is 4.11. The minimum absolute atomic E-state index is 0.00236. The summed E-state index contributed by atoms with van der Waals surface area (Å²) >= 11 is 5.05. The average molecular weight is 360 g/mol. The largest absolute Gasteiger partial charge is 0.309 e. The van der Waals surface area contributed by atoms with E-state index < -0.39 is 5.82 Å². The summed E-state index contributed by atoms with van der Waals surface area (Å²) in [7, 11) is 0. The molecule has 1 N–H and O–H groups in total. The second kappa shape index (κ2) is 7.29. The van der Waals surface area contributed by atoms with Gasteiger partial charge in [0.25, 0.3) is 0 Å². The normalized spacial score (nSPS) is 12.6. The van der Waals surface area contributed by atoms with Gasteiger partial charge in [0.15, 0.2) is 0 Å². The molecular formula is C15H16BrF2NS. The molecule has 2 rings (SSSR count). The molecule has 0 spiro atoms. The van der Waals surface area contributed by atoms with E-state index in [-0.39, 0.29) is 11.9 Å². The molecule has 0 saturated heterocycles. The highest BCUT2D eigenvalue weighted by Gasteiger charge is 2.16. The van der Waals surface area contributed by atoms with Crippen molar-refractivity contribution in [1.82, 2.24) is 5.32 Å². The molecule has 108 valence electrons. The van der Waals surface area contributed by atoms with Crippen LogP contribution in [0.3, 0.4) is 0 Å². The van der Waals surface area contributed by atoms with Gasteiger partial charge in [0.05, 0.1) is 3.79 Å². The smallest absolute Gasteiger partial charge is 0.126 e. The zero-order valence-corrected chi connectivity index (χ0v) is 13.5. The van der Waals surface area contributed by atoms with Crippen molar-refractivity contribution in [2.75, 3.05) is 6.54 Å². The number of nitrogens with one attached hydrogen (secondary N) is 1. The Morgan fingerprint density at radius 3 is 2.70 bits per heavy atom. The van der Waals surface area contributed by atoms with E-state index in [1.165, 1.54) is 12.1 Å². The molecule has 0 saturated carbocycles. The van der Waals surface area contributed by atoms with E-state index in [9.17, 15) is 8.78 Å². The fraction of sp³-hybridized carbons (Fsp3) is 0.333. The van der Waals surface area contributed by atoms with Crippen molar-refractivity contribution >= 4 is 27.3 Å². The Balaban J connectivity index is 2.21. The molecule has 1 aromatic carbocycles. The van der Waals surface area contributed by atoms with E-state index in [4.69, 9.17) is 0 Å². The van der Waals surface area contributed by atoms with Crippen LogP contribution >= 0.6 is 27.3 Å². The summed E-state index contributed by atoms with van der Waals surface area (Å²) in [6.07, 6.45) is 1.44. The number of benzene rings is 1. The van der Waals surface area contributed by atoms with Gasteiger partial charge in [-0.25, -0.2) is 8.78 Å². The topological polar surface area (TPSA) is 12.0 Å². The van der Waals surface area contributed by atoms with Crippen molar-refractivity contribution in [1.29, 1.82) is 0 Å². The average Bonchev–Trinajstić information content (AvgIpc) is 2.85. The minimum Gasteiger partial charge on any atom is -0.309 e. The molecule has 0 aliphatic rings.